The van der Waals surface area contributed by atoms with Crippen molar-refractivity contribution in [2.75, 3.05) is 5.32 Å². The molecule has 1 amide bonds. The van der Waals surface area contributed by atoms with Crippen LogP contribution in [0.5, 0.6) is 0 Å². The molecule has 9 nitrogen and oxygen atoms in total. The van der Waals surface area contributed by atoms with Crippen LogP contribution < -0.4 is 5.32 Å². The number of nitrogens with one attached hydrogen (secondary N) is 1. The van der Waals surface area contributed by atoms with Crippen molar-refractivity contribution in [2.45, 2.75) is 13.1 Å². The van der Waals surface area contributed by atoms with Crippen LogP contribution >= 0.6 is 11.6 Å². The quantitative estimate of drug-likeness (QED) is 0.536. The molecule has 0 saturated carbocycles. The van der Waals surface area contributed by atoms with Gasteiger partial charge in [0.25, 0.3) is 0 Å². The van der Waals surface area contributed by atoms with Gasteiger partial charge in [-0.3, -0.25) is 4.79 Å². The third-order valence-electron chi connectivity index (χ3n) is 3.32. The normalized spacial score (nSPS) is 10.6. The van der Waals surface area contributed by atoms with Gasteiger partial charge in [-0.05, 0) is 22.6 Å². The zero-order valence-electron chi connectivity index (χ0n) is 12.9. The van der Waals surface area contributed by atoms with Gasteiger partial charge in [-0.25, -0.2) is 4.68 Å². The summed E-state index contributed by atoms with van der Waals surface area (Å²) in [6.07, 6.45) is 2.94. The number of hydrogen-bond donors (Lipinski definition) is 1. The molecule has 0 spiro atoms. The van der Waals surface area contributed by atoms with Crippen LogP contribution in [0.3, 0.4) is 0 Å². The van der Waals surface area contributed by atoms with E-state index in [1.807, 2.05) is 18.2 Å². The van der Waals surface area contributed by atoms with E-state index in [0.717, 1.165) is 5.56 Å². The van der Waals surface area contributed by atoms with Crippen LogP contribution in [-0.2, 0) is 17.9 Å². The summed E-state index contributed by atoms with van der Waals surface area (Å²) in [6, 6.07) is 10.2. The maximum Gasteiger partial charge on any atom is 0.389 e. The van der Waals surface area contributed by atoms with E-state index in [0.29, 0.717) is 17.4 Å². The minimum atomic E-state index is -0.617. The summed E-state index contributed by atoms with van der Waals surface area (Å²) in [7, 11) is 0. The second-order valence-electron chi connectivity index (χ2n) is 5.18. The van der Waals surface area contributed by atoms with E-state index in [1.165, 1.54) is 16.9 Å². The molecule has 2 aromatic heterocycles. The Kier molecular flexibility index (Phi) is 4.75. The van der Waals surface area contributed by atoms with Gasteiger partial charge in [-0.1, -0.05) is 23.7 Å². The van der Waals surface area contributed by atoms with Gasteiger partial charge in [0.15, 0.2) is 0 Å². The molecule has 0 saturated heterocycles. The molecule has 2 heterocycles. The van der Waals surface area contributed by atoms with Gasteiger partial charge >= 0.3 is 5.82 Å². The Balaban J connectivity index is 1.65. The van der Waals surface area contributed by atoms with Crippen molar-refractivity contribution < 1.29 is 9.72 Å². The number of amides is 1. The zero-order valence-corrected chi connectivity index (χ0v) is 13.6. The lowest BCUT2D eigenvalue weighted by atomic mass is 10.2. The molecule has 0 radical (unpaired) electrons. The van der Waals surface area contributed by atoms with Crippen molar-refractivity contribution in [3.63, 3.8) is 0 Å². The fourth-order valence-electron chi connectivity index (χ4n) is 2.24. The molecule has 0 bridgehead atoms. The lowest BCUT2D eigenvalue weighted by Gasteiger charge is -2.09. The molecule has 0 aliphatic rings. The first-order chi connectivity index (χ1) is 12.0. The van der Waals surface area contributed by atoms with Gasteiger partial charge in [0.1, 0.15) is 12.4 Å². The summed E-state index contributed by atoms with van der Waals surface area (Å²) in [5.74, 6) is -0.170. The molecular formula is C15H13ClN6O3. The van der Waals surface area contributed by atoms with Crippen LogP contribution in [0.15, 0.2) is 48.8 Å². The van der Waals surface area contributed by atoms with Gasteiger partial charge in [0, 0.05) is 11.1 Å². The molecule has 3 rings (SSSR count). The molecule has 0 fully saturated rings. The highest BCUT2D eigenvalue weighted by atomic mass is 35.5. The maximum atomic E-state index is 12.1. The van der Waals surface area contributed by atoms with Crippen LogP contribution in [0.25, 0.3) is 0 Å². The number of nitro groups is 1. The van der Waals surface area contributed by atoms with E-state index in [4.69, 9.17) is 11.6 Å². The van der Waals surface area contributed by atoms with Crippen molar-refractivity contribution in [1.29, 1.82) is 0 Å². The SMILES string of the molecule is O=C(Cn1ccc([N+](=O)[O-])n1)Nc1ccnn1Cc1cccc(Cl)c1. The van der Waals surface area contributed by atoms with Crippen LogP contribution in [0.2, 0.25) is 5.02 Å². The Hall–Kier alpha value is -3.20. The highest BCUT2D eigenvalue weighted by molar-refractivity contribution is 6.30. The monoisotopic (exact) mass is 360 g/mol. The first-order valence-corrected chi connectivity index (χ1v) is 7.63. The number of benzene rings is 1. The summed E-state index contributed by atoms with van der Waals surface area (Å²) >= 11 is 5.97. The van der Waals surface area contributed by atoms with Gasteiger partial charge in [0.2, 0.25) is 5.91 Å². The number of carbonyl (C=O) groups excluding carboxylic acids is 1. The molecule has 25 heavy (non-hydrogen) atoms. The summed E-state index contributed by atoms with van der Waals surface area (Å²) < 4.78 is 2.82. The Morgan fingerprint density at radius 2 is 2.16 bits per heavy atom. The standard InChI is InChI=1S/C15H13ClN6O3/c16-12-3-1-2-11(8-12)9-21-13(4-6-17-21)18-15(23)10-20-7-5-14(19-20)22(24)25/h1-8H,9-10H2,(H,18,23). The first-order valence-electron chi connectivity index (χ1n) is 7.25. The van der Waals surface area contributed by atoms with E-state index in [9.17, 15) is 14.9 Å². The minimum absolute atomic E-state index is 0.143. The average Bonchev–Trinajstić information content (AvgIpc) is 3.17. The van der Waals surface area contributed by atoms with Crippen molar-refractivity contribution in [1.82, 2.24) is 19.6 Å². The number of aromatic nitrogens is 4. The first kappa shape index (κ1) is 16.7. The predicted molar refractivity (Wildman–Crippen MR) is 90.3 cm³/mol. The van der Waals surface area contributed by atoms with Crippen molar-refractivity contribution in [3.8, 4) is 0 Å². The summed E-state index contributed by atoms with van der Waals surface area (Å²) in [4.78, 5) is 22.1. The molecule has 0 aliphatic carbocycles. The number of nitrogens with zero attached hydrogens (tertiary/aromatic N) is 5. The van der Waals surface area contributed by atoms with Crippen LogP contribution in [0.1, 0.15) is 5.56 Å². The van der Waals surface area contributed by atoms with Gasteiger partial charge < -0.3 is 15.4 Å². The third kappa shape index (κ3) is 4.21. The molecule has 0 atom stereocenters. The van der Waals surface area contributed by atoms with Crippen molar-refractivity contribution >= 4 is 29.1 Å². The highest BCUT2D eigenvalue weighted by Crippen LogP contribution is 2.14. The minimum Gasteiger partial charge on any atom is -0.358 e. The van der Waals surface area contributed by atoms with E-state index in [1.54, 1.807) is 23.0 Å². The molecule has 128 valence electrons. The number of anilines is 1. The third-order valence-corrected chi connectivity index (χ3v) is 3.56. The van der Waals surface area contributed by atoms with Crippen molar-refractivity contribution in [3.05, 3.63) is 69.5 Å². The molecule has 0 unspecified atom stereocenters. The van der Waals surface area contributed by atoms with E-state index in [2.05, 4.69) is 15.5 Å². The van der Waals surface area contributed by atoms with Gasteiger partial charge in [-0.2, -0.15) is 9.78 Å². The Bertz CT molecular complexity index is 919. The Morgan fingerprint density at radius 3 is 2.88 bits per heavy atom. The Labute approximate surface area is 147 Å². The molecule has 3 aromatic rings. The number of halogens is 1. The fraction of sp³-hybridized carbons (Fsp3) is 0.133. The molecule has 1 N–H and O–H groups in total. The fourth-order valence-corrected chi connectivity index (χ4v) is 2.45. The summed E-state index contributed by atoms with van der Waals surface area (Å²) in [5, 5.41) is 21.8. The highest BCUT2D eigenvalue weighted by Gasteiger charge is 2.14. The zero-order chi connectivity index (χ0) is 17.8. The molecule has 1 aromatic carbocycles. The lowest BCUT2D eigenvalue weighted by Crippen LogP contribution is -2.21. The predicted octanol–water partition coefficient (Wildman–Crippen LogP) is 2.33. The molecule has 0 aliphatic heterocycles. The second kappa shape index (κ2) is 7.14. The van der Waals surface area contributed by atoms with Crippen molar-refractivity contribution in [2.24, 2.45) is 0 Å². The second-order valence-corrected chi connectivity index (χ2v) is 5.62. The van der Waals surface area contributed by atoms with E-state index < -0.39 is 4.92 Å². The van der Waals surface area contributed by atoms with E-state index >= 15 is 0 Å². The summed E-state index contributed by atoms with van der Waals surface area (Å²) in [6.45, 7) is 0.298. The lowest BCUT2D eigenvalue weighted by molar-refractivity contribution is -0.389. The number of rotatable bonds is 6. The van der Waals surface area contributed by atoms with Crippen LogP contribution in [0, 0.1) is 10.1 Å². The molecular weight excluding hydrogens is 348 g/mol. The van der Waals surface area contributed by atoms with Gasteiger partial charge in [0.05, 0.1) is 30.1 Å². The van der Waals surface area contributed by atoms with E-state index in [-0.39, 0.29) is 18.3 Å². The number of carbonyl (C=O) groups is 1. The van der Waals surface area contributed by atoms with Crippen LogP contribution in [0.4, 0.5) is 11.6 Å². The summed E-state index contributed by atoms with van der Waals surface area (Å²) in [5.41, 5.74) is 0.939. The van der Waals surface area contributed by atoms with Crippen LogP contribution in [-0.4, -0.2) is 30.4 Å². The maximum absolute atomic E-state index is 12.1. The van der Waals surface area contributed by atoms with Gasteiger partial charge in [-0.15, -0.1) is 0 Å². The smallest absolute Gasteiger partial charge is 0.358 e. The topological polar surface area (TPSA) is 108 Å². The largest absolute Gasteiger partial charge is 0.389 e. The molecule has 10 heteroatoms. The Morgan fingerprint density at radius 1 is 1.32 bits per heavy atom. The average molecular weight is 361 g/mol. The number of hydrogen-bond acceptors (Lipinski definition) is 5.